The summed E-state index contributed by atoms with van der Waals surface area (Å²) in [5, 5.41) is 0. The molecule has 0 aromatic heterocycles. The summed E-state index contributed by atoms with van der Waals surface area (Å²) in [5.74, 6) is -0.367. The Balaban J connectivity index is 2.03. The molecular weight excluding hydrogens is 324 g/mol. The van der Waals surface area contributed by atoms with Crippen LogP contribution in [0, 0.1) is 11.8 Å². The molecule has 0 amide bonds. The molecule has 0 fully saturated rings. The van der Waals surface area contributed by atoms with Crippen molar-refractivity contribution in [2.75, 3.05) is 26.9 Å². The molecule has 0 saturated carbocycles. The predicted molar refractivity (Wildman–Crippen MR) is 89.6 cm³/mol. The number of hydrogen-bond donors (Lipinski definition) is 0. The lowest BCUT2D eigenvalue weighted by Crippen LogP contribution is -2.33. The Labute approximate surface area is 146 Å². The Kier molecular flexibility index (Phi) is 4.97. The van der Waals surface area contributed by atoms with E-state index in [2.05, 4.69) is 0 Å². The third kappa shape index (κ3) is 3.08. The molecule has 0 saturated heterocycles. The molecule has 0 N–H and O–H groups in total. The highest BCUT2D eigenvalue weighted by Crippen LogP contribution is 2.50. The van der Waals surface area contributed by atoms with Crippen molar-refractivity contribution in [2.24, 2.45) is 11.8 Å². The topological polar surface area (TPSA) is 71.1 Å². The molecule has 6 nitrogen and oxygen atoms in total. The van der Waals surface area contributed by atoms with Gasteiger partial charge in [-0.2, -0.15) is 0 Å². The van der Waals surface area contributed by atoms with Gasteiger partial charge in [-0.1, -0.05) is 6.08 Å². The Morgan fingerprint density at radius 3 is 2.64 bits per heavy atom. The third-order valence-electron chi connectivity index (χ3n) is 4.64. The van der Waals surface area contributed by atoms with Crippen LogP contribution in [0.3, 0.4) is 0 Å². The maximum Gasteiger partial charge on any atom is 0.334 e. The largest absolute Gasteiger partial charge is 0.497 e. The Morgan fingerprint density at radius 2 is 1.96 bits per heavy atom. The lowest BCUT2D eigenvalue weighted by atomic mass is 9.79. The molecule has 1 aromatic carbocycles. The molecule has 0 bridgehead atoms. The van der Waals surface area contributed by atoms with Crippen molar-refractivity contribution >= 4 is 11.9 Å². The number of methoxy groups -OCH3 is 1. The first-order chi connectivity index (χ1) is 12.1. The van der Waals surface area contributed by atoms with Crippen LogP contribution in [0.25, 0.3) is 0 Å². The highest BCUT2D eigenvalue weighted by molar-refractivity contribution is 5.93. The quantitative estimate of drug-likeness (QED) is 0.763. The fourth-order valence-electron chi connectivity index (χ4n) is 3.56. The van der Waals surface area contributed by atoms with E-state index < -0.39 is 11.9 Å². The maximum absolute atomic E-state index is 12.5. The number of hydrogen-bond acceptors (Lipinski definition) is 6. The van der Waals surface area contributed by atoms with E-state index in [-0.39, 0.29) is 24.4 Å². The van der Waals surface area contributed by atoms with Crippen molar-refractivity contribution in [2.45, 2.75) is 19.8 Å². The first-order valence-electron chi connectivity index (χ1n) is 8.46. The van der Waals surface area contributed by atoms with Crippen LogP contribution >= 0.6 is 0 Å². The van der Waals surface area contributed by atoms with Crippen LogP contribution in [-0.2, 0) is 19.1 Å². The van der Waals surface area contributed by atoms with Gasteiger partial charge in [-0.05, 0) is 32.0 Å². The average molecular weight is 346 g/mol. The number of ether oxygens (including phenoxy) is 4. The number of carbonyl (C=O) groups excluding carboxylic acids is 2. The van der Waals surface area contributed by atoms with Crippen molar-refractivity contribution in [1.29, 1.82) is 0 Å². The van der Waals surface area contributed by atoms with Gasteiger partial charge in [-0.15, -0.1) is 0 Å². The summed E-state index contributed by atoms with van der Waals surface area (Å²) in [6, 6.07) is 5.49. The Bertz CT molecular complexity index is 708. The lowest BCUT2D eigenvalue weighted by molar-refractivity contribution is -0.148. The number of carbonyl (C=O) groups is 2. The summed E-state index contributed by atoms with van der Waals surface area (Å²) < 4.78 is 21.5. The van der Waals surface area contributed by atoms with Gasteiger partial charge in [-0.25, -0.2) is 4.79 Å². The van der Waals surface area contributed by atoms with Crippen molar-refractivity contribution in [3.63, 3.8) is 0 Å². The first-order valence-corrected chi connectivity index (χ1v) is 8.46. The van der Waals surface area contributed by atoms with E-state index in [4.69, 9.17) is 18.9 Å². The van der Waals surface area contributed by atoms with Crippen LogP contribution in [0.2, 0.25) is 0 Å². The van der Waals surface area contributed by atoms with Crippen LogP contribution in [0.15, 0.2) is 29.8 Å². The average Bonchev–Trinajstić information content (AvgIpc) is 3.02. The minimum Gasteiger partial charge on any atom is -0.497 e. The van der Waals surface area contributed by atoms with Crippen LogP contribution in [0.4, 0.5) is 0 Å². The fourth-order valence-corrected chi connectivity index (χ4v) is 3.56. The van der Waals surface area contributed by atoms with Crippen LogP contribution in [-0.4, -0.2) is 38.9 Å². The summed E-state index contributed by atoms with van der Waals surface area (Å²) in [5.41, 5.74) is 1.32. The molecule has 2 aliphatic rings. The van der Waals surface area contributed by atoms with Gasteiger partial charge in [0.2, 0.25) is 0 Å². The van der Waals surface area contributed by atoms with Gasteiger partial charge >= 0.3 is 11.9 Å². The molecule has 0 spiro atoms. The van der Waals surface area contributed by atoms with E-state index in [1.54, 1.807) is 27.0 Å². The first kappa shape index (κ1) is 17.3. The van der Waals surface area contributed by atoms with Gasteiger partial charge < -0.3 is 18.9 Å². The lowest BCUT2D eigenvalue weighted by Gasteiger charge is -2.32. The van der Waals surface area contributed by atoms with Gasteiger partial charge in [0.05, 0.1) is 32.8 Å². The molecule has 6 heteroatoms. The minimum absolute atomic E-state index is 0.196. The monoisotopic (exact) mass is 346 g/mol. The molecule has 25 heavy (non-hydrogen) atoms. The Morgan fingerprint density at radius 1 is 1.20 bits per heavy atom. The predicted octanol–water partition coefficient (Wildman–Crippen LogP) is 2.47. The van der Waals surface area contributed by atoms with Crippen molar-refractivity contribution in [3.8, 4) is 11.5 Å². The second-order valence-corrected chi connectivity index (χ2v) is 5.98. The molecular formula is C19H22O6. The summed E-state index contributed by atoms with van der Waals surface area (Å²) >= 11 is 0. The molecule has 3 atom stereocenters. The molecule has 1 heterocycles. The van der Waals surface area contributed by atoms with Crippen molar-refractivity contribution in [1.82, 2.24) is 0 Å². The van der Waals surface area contributed by atoms with Gasteiger partial charge in [0.1, 0.15) is 11.5 Å². The van der Waals surface area contributed by atoms with Crippen LogP contribution < -0.4 is 9.47 Å². The fraction of sp³-hybridized carbons (Fsp3) is 0.474. The summed E-state index contributed by atoms with van der Waals surface area (Å²) in [4.78, 5) is 24.8. The van der Waals surface area contributed by atoms with Gasteiger partial charge in [0, 0.05) is 23.0 Å². The zero-order valence-corrected chi connectivity index (χ0v) is 14.6. The number of fused-ring (bicyclic) bond motifs is 3. The van der Waals surface area contributed by atoms with Gasteiger partial charge in [-0.3, -0.25) is 4.79 Å². The normalized spacial score (nSPS) is 23.6. The molecule has 134 valence electrons. The van der Waals surface area contributed by atoms with E-state index in [1.807, 2.05) is 18.2 Å². The number of benzene rings is 1. The van der Waals surface area contributed by atoms with Crippen LogP contribution in [0.1, 0.15) is 25.3 Å². The Hall–Kier alpha value is -2.50. The molecule has 1 aliphatic carbocycles. The van der Waals surface area contributed by atoms with Gasteiger partial charge in [0.15, 0.2) is 0 Å². The van der Waals surface area contributed by atoms with Gasteiger partial charge in [0.25, 0.3) is 0 Å². The summed E-state index contributed by atoms with van der Waals surface area (Å²) in [6.07, 6.45) is 1.68. The highest BCUT2D eigenvalue weighted by Gasteiger charge is 2.48. The molecule has 0 radical (unpaired) electrons. The SMILES string of the molecule is CCOC(=O)C1=C[C@@H](C(=O)OCC)[C@@H]2COc3ccc(OC)cc3[C@H]12. The minimum atomic E-state index is -0.524. The standard InChI is InChI=1S/C19H22O6/c1-4-23-18(20)12-9-14(19(21)24-5-2)17-13-8-11(22-3)6-7-16(13)25-10-15(12)17/h6-9,12,15,17H,4-5,10H2,1-3H3/t12-,15+,17-/m1/s1. The number of esters is 2. The second-order valence-electron chi connectivity index (χ2n) is 5.98. The van der Waals surface area contributed by atoms with E-state index >= 15 is 0 Å². The van der Waals surface area contributed by atoms with Crippen LogP contribution in [0.5, 0.6) is 11.5 Å². The van der Waals surface area contributed by atoms with Crippen molar-refractivity contribution < 1.29 is 28.5 Å². The number of rotatable bonds is 5. The maximum atomic E-state index is 12.5. The third-order valence-corrected chi connectivity index (χ3v) is 4.64. The molecule has 3 rings (SSSR count). The molecule has 1 aliphatic heterocycles. The highest BCUT2D eigenvalue weighted by atomic mass is 16.5. The van der Waals surface area contributed by atoms with E-state index in [0.29, 0.717) is 30.3 Å². The summed E-state index contributed by atoms with van der Waals surface area (Å²) in [6.45, 7) is 4.43. The van der Waals surface area contributed by atoms with E-state index in [9.17, 15) is 9.59 Å². The zero-order valence-electron chi connectivity index (χ0n) is 14.6. The molecule has 0 unspecified atom stereocenters. The van der Waals surface area contributed by atoms with E-state index in [1.165, 1.54) is 0 Å². The smallest absolute Gasteiger partial charge is 0.334 e. The zero-order chi connectivity index (χ0) is 18.0. The van der Waals surface area contributed by atoms with Crippen molar-refractivity contribution in [3.05, 3.63) is 35.4 Å². The summed E-state index contributed by atoms with van der Waals surface area (Å²) in [7, 11) is 1.58. The van der Waals surface area contributed by atoms with E-state index in [0.717, 1.165) is 5.56 Å². The second kappa shape index (κ2) is 7.17. The molecule has 1 aromatic rings.